The number of fused-ring (bicyclic) bond motifs is 1. The molecular weight excluding hydrogens is 381 g/mol. The minimum atomic E-state index is -0.213. The van der Waals surface area contributed by atoms with Crippen molar-refractivity contribution in [2.45, 2.75) is 0 Å². The van der Waals surface area contributed by atoms with Crippen molar-refractivity contribution in [1.82, 2.24) is 4.90 Å². The van der Waals surface area contributed by atoms with E-state index in [1.54, 1.807) is 12.1 Å². The van der Waals surface area contributed by atoms with E-state index in [-0.39, 0.29) is 26.5 Å². The number of nitrogens with zero attached hydrogens (tertiary/aromatic N) is 1. The quantitative estimate of drug-likeness (QED) is 0.738. The van der Waals surface area contributed by atoms with Gasteiger partial charge >= 0.3 is 152 Å². The molecule has 5 heteroatoms. The molecule has 0 unspecified atom stereocenters. The summed E-state index contributed by atoms with van der Waals surface area (Å²) in [5.41, 5.74) is 1.62. The van der Waals surface area contributed by atoms with E-state index in [9.17, 15) is 9.59 Å². The summed E-state index contributed by atoms with van der Waals surface area (Å²) < 4.78 is 7.17. The van der Waals surface area contributed by atoms with E-state index in [1.165, 1.54) is 0 Å². The van der Waals surface area contributed by atoms with Crippen molar-refractivity contribution in [1.29, 1.82) is 0 Å². The van der Waals surface area contributed by atoms with Crippen LogP contribution in [0.4, 0.5) is 0 Å². The Morgan fingerprint density at radius 1 is 0.800 bits per heavy atom. The second-order valence-electron chi connectivity index (χ2n) is 5.90. The van der Waals surface area contributed by atoms with Crippen LogP contribution in [0.3, 0.4) is 0 Å². The molecule has 0 aromatic heterocycles. The third kappa shape index (κ3) is 3.07. The number of ketones is 2. The summed E-state index contributed by atoms with van der Waals surface area (Å²) in [4.78, 5) is 28.4. The maximum absolute atomic E-state index is 13.2. The Hall–Kier alpha value is -2.20. The topological polar surface area (TPSA) is 46.6 Å². The fourth-order valence-corrected chi connectivity index (χ4v) is 5.32. The zero-order valence-electron chi connectivity index (χ0n) is 13.6. The van der Waals surface area contributed by atoms with Crippen molar-refractivity contribution in [3.05, 3.63) is 75.9 Å². The van der Waals surface area contributed by atoms with Crippen molar-refractivity contribution < 1.29 is 14.3 Å². The third-order valence-electron chi connectivity index (χ3n) is 4.34. The van der Waals surface area contributed by atoms with E-state index in [0.29, 0.717) is 47.6 Å². The van der Waals surface area contributed by atoms with Crippen molar-refractivity contribution in [2.75, 3.05) is 26.3 Å². The molecule has 0 amide bonds. The average Bonchev–Trinajstić information content (AvgIpc) is 2.68. The van der Waals surface area contributed by atoms with Crippen molar-refractivity contribution in [3.8, 4) is 0 Å². The van der Waals surface area contributed by atoms with Gasteiger partial charge in [0, 0.05) is 0 Å². The van der Waals surface area contributed by atoms with Crippen LogP contribution in [0.25, 0.3) is 0 Å². The van der Waals surface area contributed by atoms with Crippen LogP contribution in [0.15, 0.2) is 64.8 Å². The number of hydrogen-bond donors (Lipinski definition) is 0. The van der Waals surface area contributed by atoms with Gasteiger partial charge in [0.1, 0.15) is 0 Å². The third-order valence-corrected chi connectivity index (χ3v) is 6.63. The van der Waals surface area contributed by atoms with E-state index in [0.717, 1.165) is 4.46 Å². The SMILES string of the molecule is O=C1C([Se]c2ccccc2)=C(N2CCOCC2)C(=O)c2ccccc21. The zero-order valence-corrected chi connectivity index (χ0v) is 15.3. The molecule has 126 valence electrons. The van der Waals surface area contributed by atoms with Crippen molar-refractivity contribution in [2.24, 2.45) is 0 Å². The van der Waals surface area contributed by atoms with Crippen molar-refractivity contribution >= 4 is 31.0 Å². The predicted octanol–water partition coefficient (Wildman–Crippen LogP) is 1.64. The summed E-state index contributed by atoms with van der Waals surface area (Å²) in [6, 6.07) is 17.1. The molecule has 0 spiro atoms. The van der Waals surface area contributed by atoms with Gasteiger partial charge in [-0.05, 0) is 0 Å². The molecule has 4 nitrogen and oxygen atoms in total. The summed E-state index contributed by atoms with van der Waals surface area (Å²) >= 11 is -0.213. The summed E-state index contributed by atoms with van der Waals surface area (Å²) in [5.74, 6) is -0.0505. The molecule has 0 bridgehead atoms. The van der Waals surface area contributed by atoms with E-state index in [1.807, 2.05) is 47.4 Å². The Balaban J connectivity index is 1.82. The van der Waals surface area contributed by atoms with Gasteiger partial charge in [-0.1, -0.05) is 0 Å². The molecular formula is C20H17NO3Se. The molecule has 1 aliphatic heterocycles. The normalized spacial score (nSPS) is 17.7. The first kappa shape index (κ1) is 16.3. The Morgan fingerprint density at radius 3 is 2.08 bits per heavy atom. The first-order chi connectivity index (χ1) is 12.3. The van der Waals surface area contributed by atoms with Crippen LogP contribution in [-0.4, -0.2) is 57.7 Å². The van der Waals surface area contributed by atoms with Gasteiger partial charge in [0.2, 0.25) is 0 Å². The fraction of sp³-hybridized carbons (Fsp3) is 0.200. The number of Topliss-reactive ketones (excluding diaryl/α,β-unsaturated/α-hetero) is 2. The predicted molar refractivity (Wildman–Crippen MR) is 96.4 cm³/mol. The molecule has 2 aromatic rings. The molecule has 0 N–H and O–H groups in total. The molecule has 1 saturated heterocycles. The molecule has 0 saturated carbocycles. The fourth-order valence-electron chi connectivity index (χ4n) is 3.11. The molecule has 0 atom stereocenters. The zero-order chi connectivity index (χ0) is 17.2. The Bertz CT molecular complexity index is 854. The Labute approximate surface area is 152 Å². The number of hydrogen-bond acceptors (Lipinski definition) is 4. The molecule has 1 heterocycles. The van der Waals surface area contributed by atoms with Gasteiger partial charge in [-0.15, -0.1) is 0 Å². The Kier molecular flexibility index (Phi) is 4.53. The number of ether oxygens (including phenoxy) is 1. The van der Waals surface area contributed by atoms with Gasteiger partial charge < -0.3 is 0 Å². The van der Waals surface area contributed by atoms with Crippen molar-refractivity contribution in [3.63, 3.8) is 0 Å². The summed E-state index contributed by atoms with van der Waals surface area (Å²) in [5, 5.41) is 0. The van der Waals surface area contributed by atoms with E-state index in [4.69, 9.17) is 4.74 Å². The monoisotopic (exact) mass is 399 g/mol. The van der Waals surface area contributed by atoms with E-state index >= 15 is 0 Å². The molecule has 1 aliphatic carbocycles. The number of carbonyl (C=O) groups excluding carboxylic acids is 2. The maximum atomic E-state index is 13.2. The summed E-state index contributed by atoms with van der Waals surface area (Å²) in [7, 11) is 0. The molecule has 1 fully saturated rings. The van der Waals surface area contributed by atoms with Gasteiger partial charge in [0.15, 0.2) is 0 Å². The van der Waals surface area contributed by atoms with E-state index in [2.05, 4.69) is 0 Å². The van der Waals surface area contributed by atoms with Gasteiger partial charge in [-0.3, -0.25) is 0 Å². The number of carbonyl (C=O) groups is 2. The molecule has 25 heavy (non-hydrogen) atoms. The van der Waals surface area contributed by atoms with Gasteiger partial charge in [-0.25, -0.2) is 0 Å². The average molecular weight is 398 g/mol. The molecule has 2 aromatic carbocycles. The number of rotatable bonds is 3. The number of allylic oxidation sites excluding steroid dienone is 2. The second-order valence-corrected chi connectivity index (χ2v) is 8.17. The van der Waals surface area contributed by atoms with Crippen LogP contribution in [-0.2, 0) is 4.74 Å². The standard InChI is InChI=1S/C20H17NO3Se/c22-18-15-8-4-5-9-16(15)19(23)20(25-14-6-2-1-3-7-14)17(18)21-10-12-24-13-11-21/h1-9H,10-13H2. The van der Waals surface area contributed by atoms with Gasteiger partial charge in [-0.2, -0.15) is 0 Å². The van der Waals surface area contributed by atoms with Crippen LogP contribution >= 0.6 is 0 Å². The van der Waals surface area contributed by atoms with Crippen LogP contribution < -0.4 is 4.46 Å². The van der Waals surface area contributed by atoms with Crippen LogP contribution in [0, 0.1) is 0 Å². The first-order valence-electron chi connectivity index (χ1n) is 8.24. The van der Waals surface area contributed by atoms with Crippen LogP contribution in [0.5, 0.6) is 0 Å². The van der Waals surface area contributed by atoms with Crippen LogP contribution in [0.2, 0.25) is 0 Å². The van der Waals surface area contributed by atoms with E-state index < -0.39 is 0 Å². The molecule has 4 rings (SSSR count). The van der Waals surface area contributed by atoms with Gasteiger partial charge in [0.25, 0.3) is 0 Å². The molecule has 2 aliphatic rings. The Morgan fingerprint density at radius 2 is 1.40 bits per heavy atom. The van der Waals surface area contributed by atoms with Crippen LogP contribution in [0.1, 0.15) is 20.7 Å². The number of benzene rings is 2. The minimum absolute atomic E-state index is 0.0134. The van der Waals surface area contributed by atoms with Gasteiger partial charge in [0.05, 0.1) is 0 Å². The first-order valence-corrected chi connectivity index (χ1v) is 9.95. The summed E-state index contributed by atoms with van der Waals surface area (Å²) in [6.45, 7) is 2.45. The second kappa shape index (κ2) is 6.96. The molecule has 0 radical (unpaired) electrons. The summed E-state index contributed by atoms with van der Waals surface area (Å²) in [6.07, 6.45) is 0. The number of morpholine rings is 1.